The highest BCUT2D eigenvalue weighted by molar-refractivity contribution is 8.01. The van der Waals surface area contributed by atoms with Crippen LogP contribution < -0.4 is 10.1 Å². The average Bonchev–Trinajstić information content (AvgIpc) is 3.01. The minimum Gasteiger partial charge on any atom is -0.497 e. The van der Waals surface area contributed by atoms with Gasteiger partial charge >= 0.3 is 0 Å². The maximum atomic E-state index is 5.21. The first-order chi connectivity index (χ1) is 9.83. The summed E-state index contributed by atoms with van der Waals surface area (Å²) in [6.45, 7) is 3.21. The van der Waals surface area contributed by atoms with E-state index in [4.69, 9.17) is 4.74 Å². The number of hydrogen-bond donors (Lipinski definition) is 1. The van der Waals surface area contributed by atoms with Crippen molar-refractivity contribution in [2.45, 2.75) is 23.7 Å². The van der Waals surface area contributed by atoms with Crippen LogP contribution in [0.4, 0.5) is 0 Å². The van der Waals surface area contributed by atoms with Crippen LogP contribution in [0.2, 0.25) is 0 Å². The van der Waals surface area contributed by atoms with Gasteiger partial charge in [0.05, 0.1) is 7.11 Å². The van der Waals surface area contributed by atoms with Gasteiger partial charge in [0, 0.05) is 23.4 Å². The van der Waals surface area contributed by atoms with Gasteiger partial charge in [-0.05, 0) is 30.7 Å². The minimum atomic E-state index is 0.342. The van der Waals surface area contributed by atoms with Crippen molar-refractivity contribution < 1.29 is 4.74 Å². The van der Waals surface area contributed by atoms with E-state index >= 15 is 0 Å². The number of ether oxygens (including phenoxy) is 1. The number of benzene rings is 1. The van der Waals surface area contributed by atoms with Crippen LogP contribution >= 0.6 is 23.1 Å². The lowest BCUT2D eigenvalue weighted by Crippen LogP contribution is -2.24. The zero-order valence-corrected chi connectivity index (χ0v) is 13.5. The van der Waals surface area contributed by atoms with Crippen LogP contribution in [-0.4, -0.2) is 24.4 Å². The molecule has 0 saturated carbocycles. The van der Waals surface area contributed by atoms with Gasteiger partial charge in [-0.15, -0.1) is 11.3 Å². The maximum Gasteiger partial charge on any atom is 0.149 e. The van der Waals surface area contributed by atoms with E-state index in [1.165, 1.54) is 5.56 Å². The highest BCUT2D eigenvalue weighted by Crippen LogP contribution is 2.27. The molecule has 1 heterocycles. The molecule has 1 atom stereocenters. The van der Waals surface area contributed by atoms with Crippen LogP contribution in [0.1, 0.15) is 24.9 Å². The maximum absolute atomic E-state index is 5.21. The summed E-state index contributed by atoms with van der Waals surface area (Å²) >= 11 is 3.50. The van der Waals surface area contributed by atoms with E-state index in [-0.39, 0.29) is 0 Å². The van der Waals surface area contributed by atoms with Gasteiger partial charge in [-0.2, -0.15) is 0 Å². The quantitative estimate of drug-likeness (QED) is 0.748. The summed E-state index contributed by atoms with van der Waals surface area (Å²) in [6.07, 6.45) is 2.99. The number of nitrogens with one attached hydrogen (secondary N) is 1. The van der Waals surface area contributed by atoms with Crippen molar-refractivity contribution in [2.75, 3.05) is 19.4 Å². The Hall–Kier alpha value is -1.04. The van der Waals surface area contributed by atoms with Gasteiger partial charge in [-0.1, -0.05) is 30.8 Å². The molecule has 0 aliphatic heterocycles. The molecule has 2 rings (SSSR count). The molecule has 108 valence electrons. The third-order valence-electron chi connectivity index (χ3n) is 2.94. The van der Waals surface area contributed by atoms with Crippen molar-refractivity contribution in [1.29, 1.82) is 0 Å². The lowest BCUT2D eigenvalue weighted by atomic mass is 10.1. The lowest BCUT2D eigenvalue weighted by molar-refractivity contribution is 0.414. The van der Waals surface area contributed by atoms with Crippen LogP contribution in [0.3, 0.4) is 0 Å². The van der Waals surface area contributed by atoms with Crippen LogP contribution in [0.5, 0.6) is 5.75 Å². The Kier molecular flexibility index (Phi) is 6.36. The van der Waals surface area contributed by atoms with Crippen LogP contribution in [-0.2, 0) is 0 Å². The van der Waals surface area contributed by atoms with E-state index in [9.17, 15) is 0 Å². The largest absolute Gasteiger partial charge is 0.497 e. The van der Waals surface area contributed by atoms with E-state index < -0.39 is 0 Å². The molecule has 1 aromatic carbocycles. The zero-order valence-electron chi connectivity index (χ0n) is 11.8. The van der Waals surface area contributed by atoms with E-state index in [0.717, 1.165) is 28.8 Å². The molecular formula is C15H20N2OS2. The summed E-state index contributed by atoms with van der Waals surface area (Å²) < 4.78 is 6.34. The van der Waals surface area contributed by atoms with E-state index in [1.54, 1.807) is 30.2 Å². The van der Waals surface area contributed by atoms with Crippen molar-refractivity contribution in [3.05, 3.63) is 41.4 Å². The number of aromatic nitrogens is 1. The third-order valence-corrected chi connectivity index (χ3v) is 5.00. The predicted octanol–water partition coefficient (Wildman–Crippen LogP) is 3.98. The Bertz CT molecular complexity index is 485. The molecule has 5 heteroatoms. The Morgan fingerprint density at radius 1 is 1.35 bits per heavy atom. The van der Waals surface area contributed by atoms with Crippen molar-refractivity contribution in [1.82, 2.24) is 10.3 Å². The second kappa shape index (κ2) is 8.29. The van der Waals surface area contributed by atoms with E-state index in [2.05, 4.69) is 29.4 Å². The topological polar surface area (TPSA) is 34.2 Å². The molecule has 0 aliphatic carbocycles. The van der Waals surface area contributed by atoms with Crippen molar-refractivity contribution in [3.63, 3.8) is 0 Å². The molecule has 0 bridgehead atoms. The minimum absolute atomic E-state index is 0.342. The van der Waals surface area contributed by atoms with Crippen molar-refractivity contribution in [2.24, 2.45) is 0 Å². The molecule has 2 aromatic rings. The molecule has 1 unspecified atom stereocenters. The van der Waals surface area contributed by atoms with Gasteiger partial charge in [-0.3, -0.25) is 0 Å². The summed E-state index contributed by atoms with van der Waals surface area (Å²) in [7, 11) is 1.69. The summed E-state index contributed by atoms with van der Waals surface area (Å²) in [5.41, 5.74) is 1.29. The number of hydrogen-bond acceptors (Lipinski definition) is 5. The fraction of sp³-hybridized carbons (Fsp3) is 0.400. The molecule has 0 radical (unpaired) electrons. The lowest BCUT2D eigenvalue weighted by Gasteiger charge is -2.18. The molecule has 0 aliphatic rings. The average molecular weight is 308 g/mol. The highest BCUT2D eigenvalue weighted by Gasteiger charge is 2.12. The summed E-state index contributed by atoms with van der Waals surface area (Å²) in [5.74, 6) is 1.88. The normalized spacial score (nSPS) is 12.3. The Labute approximate surface area is 128 Å². The number of rotatable bonds is 8. The van der Waals surface area contributed by atoms with E-state index in [0.29, 0.717) is 6.04 Å². The van der Waals surface area contributed by atoms with Crippen LogP contribution in [0, 0.1) is 0 Å². The first-order valence-corrected chi connectivity index (χ1v) is 8.59. The van der Waals surface area contributed by atoms with Gasteiger partial charge in [0.25, 0.3) is 0 Å². The second-order valence-corrected chi connectivity index (χ2v) is 6.55. The van der Waals surface area contributed by atoms with Gasteiger partial charge in [0.2, 0.25) is 0 Å². The van der Waals surface area contributed by atoms with Gasteiger partial charge < -0.3 is 10.1 Å². The molecule has 1 N–H and O–H groups in total. The second-order valence-electron chi connectivity index (χ2n) is 4.39. The molecule has 20 heavy (non-hydrogen) atoms. The fourth-order valence-electron chi connectivity index (χ4n) is 1.86. The number of nitrogens with zero attached hydrogens (tertiary/aromatic N) is 1. The van der Waals surface area contributed by atoms with E-state index in [1.807, 2.05) is 23.7 Å². The molecule has 1 aromatic heterocycles. The number of thioether (sulfide) groups is 1. The molecule has 0 spiro atoms. The first kappa shape index (κ1) is 15.4. The molecule has 0 amide bonds. The Morgan fingerprint density at radius 2 is 2.15 bits per heavy atom. The van der Waals surface area contributed by atoms with Crippen molar-refractivity contribution in [3.8, 4) is 5.75 Å². The number of methoxy groups -OCH3 is 1. The monoisotopic (exact) mass is 308 g/mol. The summed E-state index contributed by atoms with van der Waals surface area (Å²) in [5, 5.41) is 5.62. The standard InChI is InChI=1S/C15H20N2OS2/c1-3-8-16-14(11-20-15-17-9-10-19-15)12-4-6-13(18-2)7-5-12/h4-7,9-10,14,16H,3,8,11H2,1-2H3. The first-order valence-electron chi connectivity index (χ1n) is 6.73. The molecular weight excluding hydrogens is 288 g/mol. The number of thiazole rings is 1. The van der Waals surface area contributed by atoms with Crippen molar-refractivity contribution >= 4 is 23.1 Å². The van der Waals surface area contributed by atoms with Gasteiger partial charge in [0.15, 0.2) is 0 Å². The fourth-order valence-corrected chi connectivity index (χ4v) is 3.62. The summed E-state index contributed by atoms with van der Waals surface area (Å²) in [4.78, 5) is 4.32. The van der Waals surface area contributed by atoms with Crippen LogP contribution in [0.25, 0.3) is 0 Å². The Morgan fingerprint density at radius 3 is 2.75 bits per heavy atom. The smallest absolute Gasteiger partial charge is 0.149 e. The highest BCUT2D eigenvalue weighted by atomic mass is 32.2. The summed E-state index contributed by atoms with van der Waals surface area (Å²) in [6, 6.07) is 8.65. The molecule has 0 saturated heterocycles. The van der Waals surface area contributed by atoms with Gasteiger partial charge in [-0.25, -0.2) is 4.98 Å². The zero-order chi connectivity index (χ0) is 14.2. The van der Waals surface area contributed by atoms with Gasteiger partial charge in [0.1, 0.15) is 10.1 Å². The van der Waals surface area contributed by atoms with Crippen LogP contribution in [0.15, 0.2) is 40.2 Å². The third kappa shape index (κ3) is 4.51. The molecule has 0 fully saturated rings. The SMILES string of the molecule is CCCNC(CSc1nccs1)c1ccc(OC)cc1. The molecule has 3 nitrogen and oxygen atoms in total. The Balaban J connectivity index is 2.01. The predicted molar refractivity (Wildman–Crippen MR) is 86.9 cm³/mol.